The lowest BCUT2D eigenvalue weighted by atomic mass is 10.1. The van der Waals surface area contributed by atoms with Crippen LogP contribution in [0.4, 0.5) is 20.3 Å². The molecule has 0 saturated heterocycles. The predicted octanol–water partition coefficient (Wildman–Crippen LogP) is 5.28. The Labute approximate surface area is 225 Å². The van der Waals surface area contributed by atoms with Gasteiger partial charge in [-0.05, 0) is 48.0 Å². The first-order valence-corrected chi connectivity index (χ1v) is 11.8. The van der Waals surface area contributed by atoms with Crippen molar-refractivity contribution in [2.75, 3.05) is 11.9 Å². The summed E-state index contributed by atoms with van der Waals surface area (Å²) in [5.41, 5.74) is 2.55. The molecule has 2 N–H and O–H groups in total. The van der Waals surface area contributed by atoms with E-state index in [0.717, 1.165) is 5.56 Å². The van der Waals surface area contributed by atoms with Crippen LogP contribution in [0.1, 0.15) is 11.4 Å². The zero-order valence-corrected chi connectivity index (χ0v) is 21.4. The molecule has 0 spiro atoms. The Hall–Kier alpha value is -3.40. The number of aromatic nitrogens is 2. The van der Waals surface area contributed by atoms with Gasteiger partial charge in [0.25, 0.3) is 5.91 Å². The molecule has 1 aliphatic rings. The molecule has 2 heterocycles. The molecule has 0 bridgehead atoms. The molecule has 1 amide bonds. The van der Waals surface area contributed by atoms with E-state index in [9.17, 15) is 18.7 Å². The first-order chi connectivity index (χ1) is 17.4. The van der Waals surface area contributed by atoms with E-state index in [1.54, 1.807) is 23.1 Å². The third-order valence-electron chi connectivity index (χ3n) is 6.14. The predicted molar refractivity (Wildman–Crippen MR) is 144 cm³/mol. The van der Waals surface area contributed by atoms with Crippen molar-refractivity contribution in [3.63, 3.8) is 0 Å². The van der Waals surface area contributed by atoms with Crippen molar-refractivity contribution < 1.29 is 18.7 Å². The number of carbonyl (C=O) groups excluding carboxylic acids is 1. The molecule has 1 aromatic heterocycles. The van der Waals surface area contributed by atoms with Crippen molar-refractivity contribution in [1.29, 1.82) is 0 Å². The van der Waals surface area contributed by atoms with Gasteiger partial charge >= 0.3 is 0 Å². The van der Waals surface area contributed by atoms with Crippen LogP contribution < -0.4 is 5.32 Å². The average molecular weight is 543 g/mol. The molecule has 6 nitrogen and oxygen atoms in total. The van der Waals surface area contributed by atoms with E-state index in [1.165, 1.54) is 24.3 Å². The van der Waals surface area contributed by atoms with Crippen LogP contribution in [0.2, 0.25) is 5.02 Å². The summed E-state index contributed by atoms with van der Waals surface area (Å²) < 4.78 is 29.6. The van der Waals surface area contributed by atoms with Crippen LogP contribution in [0.3, 0.4) is 0 Å². The summed E-state index contributed by atoms with van der Waals surface area (Å²) in [4.78, 5) is 19.3. The van der Waals surface area contributed by atoms with Crippen LogP contribution in [-0.4, -0.2) is 38.1 Å². The van der Waals surface area contributed by atoms with Crippen molar-refractivity contribution in [2.45, 2.75) is 25.6 Å². The largest absolute Gasteiger partial charge is 0.383 e. The highest BCUT2D eigenvalue weighted by atomic mass is 35.5. The van der Waals surface area contributed by atoms with Gasteiger partial charge in [0, 0.05) is 30.8 Å². The maximum Gasteiger partial charge on any atom is 0.252 e. The standard InChI is InChI=1S/C27H23ClF2N4O2.H2S/c28-21-11-10-20(15-22(21)30)31-26-25(18-6-8-19(29)9-7-18)32-24-16-33(12-13-34(24)26)27(36)23(35)14-17-4-2-1-3-5-17;/h1-11,15,23,31,35H,12-14,16H2;1H2/t23-;/m0./s1. The van der Waals surface area contributed by atoms with Crippen LogP contribution in [0.25, 0.3) is 11.3 Å². The average Bonchev–Trinajstić information content (AvgIpc) is 3.24. The zero-order chi connectivity index (χ0) is 25.2. The number of hydrogen-bond donors (Lipinski definition) is 2. The van der Waals surface area contributed by atoms with Gasteiger partial charge in [-0.15, -0.1) is 0 Å². The molecule has 0 unspecified atom stereocenters. The number of anilines is 2. The molecule has 1 atom stereocenters. The van der Waals surface area contributed by atoms with E-state index in [4.69, 9.17) is 16.6 Å². The minimum Gasteiger partial charge on any atom is -0.383 e. The lowest BCUT2D eigenvalue weighted by molar-refractivity contribution is -0.141. The number of halogens is 3. The minimum atomic E-state index is -1.17. The molecule has 37 heavy (non-hydrogen) atoms. The Bertz CT molecular complexity index is 1400. The highest BCUT2D eigenvalue weighted by Gasteiger charge is 2.30. The van der Waals surface area contributed by atoms with E-state index in [2.05, 4.69) is 5.32 Å². The second-order valence-corrected chi connectivity index (χ2v) is 9.01. The Morgan fingerprint density at radius 1 is 1.05 bits per heavy atom. The normalized spacial score (nSPS) is 13.5. The van der Waals surface area contributed by atoms with E-state index >= 15 is 0 Å². The van der Waals surface area contributed by atoms with Crippen molar-refractivity contribution in [2.24, 2.45) is 0 Å². The highest BCUT2D eigenvalue weighted by Crippen LogP contribution is 2.34. The van der Waals surface area contributed by atoms with Crippen LogP contribution in [0, 0.1) is 11.6 Å². The summed E-state index contributed by atoms with van der Waals surface area (Å²) in [6.45, 7) is 0.960. The Morgan fingerprint density at radius 2 is 1.78 bits per heavy atom. The smallest absolute Gasteiger partial charge is 0.252 e. The second-order valence-electron chi connectivity index (χ2n) is 8.60. The van der Waals surface area contributed by atoms with Crippen LogP contribution >= 0.6 is 25.1 Å². The number of fused-ring (bicyclic) bond motifs is 1. The molecule has 0 radical (unpaired) electrons. The summed E-state index contributed by atoms with van der Waals surface area (Å²) in [6, 6.07) is 19.7. The Kier molecular flexibility index (Phi) is 8.16. The van der Waals surface area contributed by atoms with Gasteiger partial charge in [-0.2, -0.15) is 13.5 Å². The number of nitrogens with one attached hydrogen (secondary N) is 1. The number of carbonyl (C=O) groups is 1. The molecule has 4 aromatic rings. The summed E-state index contributed by atoms with van der Waals surface area (Å²) in [5, 5.41) is 13.8. The van der Waals surface area contributed by atoms with E-state index in [1.807, 2.05) is 34.9 Å². The monoisotopic (exact) mass is 542 g/mol. The van der Waals surface area contributed by atoms with Gasteiger partial charge in [-0.25, -0.2) is 13.8 Å². The quantitative estimate of drug-likeness (QED) is 0.348. The third-order valence-corrected chi connectivity index (χ3v) is 6.45. The SMILES string of the molecule is O=C([C@@H](O)Cc1ccccc1)N1CCn2c(nc(-c3ccc(F)cc3)c2Nc2ccc(Cl)c(F)c2)C1.S. The fourth-order valence-corrected chi connectivity index (χ4v) is 4.42. The first kappa shape index (κ1) is 26.7. The van der Waals surface area contributed by atoms with Gasteiger partial charge in [0.2, 0.25) is 0 Å². The topological polar surface area (TPSA) is 70.4 Å². The maximum atomic E-state index is 14.1. The van der Waals surface area contributed by atoms with Gasteiger partial charge in [0.1, 0.15) is 35.1 Å². The molecule has 5 rings (SSSR count). The maximum absolute atomic E-state index is 14.1. The van der Waals surface area contributed by atoms with Crippen molar-refractivity contribution in [1.82, 2.24) is 14.5 Å². The van der Waals surface area contributed by atoms with Crippen molar-refractivity contribution in [3.05, 3.63) is 101 Å². The third kappa shape index (κ3) is 5.79. The van der Waals surface area contributed by atoms with Crippen LogP contribution in [0.5, 0.6) is 0 Å². The number of rotatable bonds is 6. The van der Waals surface area contributed by atoms with Crippen molar-refractivity contribution >= 4 is 42.5 Å². The summed E-state index contributed by atoms with van der Waals surface area (Å²) >= 11 is 5.83. The number of imidazole rings is 1. The van der Waals surface area contributed by atoms with E-state index < -0.39 is 11.9 Å². The summed E-state index contributed by atoms with van der Waals surface area (Å²) in [7, 11) is 0. The lowest BCUT2D eigenvalue weighted by Crippen LogP contribution is -2.44. The van der Waals surface area contributed by atoms with Crippen molar-refractivity contribution in [3.8, 4) is 11.3 Å². The molecule has 0 aliphatic carbocycles. The number of benzene rings is 3. The molecule has 10 heteroatoms. The number of hydrogen-bond acceptors (Lipinski definition) is 4. The number of aliphatic hydroxyl groups excluding tert-OH is 1. The van der Waals surface area contributed by atoms with E-state index in [0.29, 0.717) is 41.7 Å². The van der Waals surface area contributed by atoms with E-state index in [-0.39, 0.29) is 43.2 Å². The fraction of sp³-hybridized carbons (Fsp3) is 0.185. The summed E-state index contributed by atoms with van der Waals surface area (Å²) in [6.07, 6.45) is -0.944. The molecular formula is C27H25ClF2N4O2S. The van der Waals surface area contributed by atoms with Gasteiger partial charge in [-0.3, -0.25) is 4.79 Å². The summed E-state index contributed by atoms with van der Waals surface area (Å²) in [5.74, 6) is -0.118. The number of aliphatic hydroxyl groups is 1. The van der Waals surface area contributed by atoms with Gasteiger partial charge in [-0.1, -0.05) is 41.9 Å². The fourth-order valence-electron chi connectivity index (χ4n) is 4.30. The molecule has 1 aliphatic heterocycles. The zero-order valence-electron chi connectivity index (χ0n) is 19.7. The number of amides is 1. The first-order valence-electron chi connectivity index (χ1n) is 11.5. The molecule has 0 fully saturated rings. The number of nitrogens with zero attached hydrogens (tertiary/aromatic N) is 3. The molecule has 192 valence electrons. The molecule has 0 saturated carbocycles. The Balaban J connectivity index is 0.00000320. The highest BCUT2D eigenvalue weighted by molar-refractivity contribution is 7.59. The van der Waals surface area contributed by atoms with Gasteiger partial charge < -0.3 is 19.9 Å². The van der Waals surface area contributed by atoms with Gasteiger partial charge in [0.05, 0.1) is 11.6 Å². The molecular weight excluding hydrogens is 518 g/mol. The minimum absolute atomic E-state index is 0. The van der Waals surface area contributed by atoms with Gasteiger partial charge in [0.15, 0.2) is 0 Å². The Morgan fingerprint density at radius 3 is 2.49 bits per heavy atom. The van der Waals surface area contributed by atoms with Crippen LogP contribution in [0.15, 0.2) is 72.8 Å². The lowest BCUT2D eigenvalue weighted by Gasteiger charge is -2.30. The van der Waals surface area contributed by atoms with Crippen LogP contribution in [-0.2, 0) is 24.3 Å². The second kappa shape index (κ2) is 11.3. The molecule has 3 aromatic carbocycles.